The molecular formula is C21H23ClN2O3S. The second-order valence-corrected chi connectivity index (χ2v) is 7.19. The highest BCUT2D eigenvalue weighted by Crippen LogP contribution is 2.28. The van der Waals surface area contributed by atoms with E-state index in [0.717, 1.165) is 10.5 Å². The lowest BCUT2D eigenvalue weighted by Gasteiger charge is -2.11. The first-order valence-electron chi connectivity index (χ1n) is 8.83. The lowest BCUT2D eigenvalue weighted by molar-refractivity contribution is -0.120. The first-order valence-corrected chi connectivity index (χ1v) is 10.2. The van der Waals surface area contributed by atoms with E-state index in [2.05, 4.69) is 17.1 Å². The van der Waals surface area contributed by atoms with Gasteiger partial charge in [0.2, 0.25) is 5.91 Å². The van der Waals surface area contributed by atoms with Crippen LogP contribution in [0, 0.1) is 0 Å². The number of benzene rings is 2. The SMILES string of the molecule is C=CCOc1ccc(/C=N\NC(=O)CCSc2ccc(Cl)cc2)cc1OCC. The van der Waals surface area contributed by atoms with Crippen molar-refractivity contribution in [2.75, 3.05) is 19.0 Å². The molecule has 0 aliphatic carbocycles. The smallest absolute Gasteiger partial charge is 0.240 e. The maximum atomic E-state index is 11.9. The Hall–Kier alpha value is -2.44. The summed E-state index contributed by atoms with van der Waals surface area (Å²) < 4.78 is 11.1. The number of amides is 1. The molecular weight excluding hydrogens is 396 g/mol. The van der Waals surface area contributed by atoms with E-state index in [1.165, 1.54) is 0 Å². The first-order chi connectivity index (χ1) is 13.6. The first kappa shape index (κ1) is 21.9. The Bertz CT molecular complexity index is 810. The normalized spacial score (nSPS) is 10.6. The molecule has 7 heteroatoms. The lowest BCUT2D eigenvalue weighted by atomic mass is 10.2. The van der Waals surface area contributed by atoms with Crippen LogP contribution < -0.4 is 14.9 Å². The second kappa shape index (κ2) is 12.1. The Kier molecular flexibility index (Phi) is 9.45. The summed E-state index contributed by atoms with van der Waals surface area (Å²) in [5, 5.41) is 4.71. The molecule has 5 nitrogen and oxygen atoms in total. The zero-order valence-electron chi connectivity index (χ0n) is 15.7. The molecule has 0 fully saturated rings. The summed E-state index contributed by atoms with van der Waals surface area (Å²) in [5.41, 5.74) is 3.33. The lowest BCUT2D eigenvalue weighted by Crippen LogP contribution is -2.17. The molecule has 0 aromatic heterocycles. The van der Waals surface area contributed by atoms with Gasteiger partial charge < -0.3 is 9.47 Å². The number of nitrogens with zero attached hydrogens (tertiary/aromatic N) is 1. The zero-order chi connectivity index (χ0) is 20.2. The van der Waals surface area contributed by atoms with Gasteiger partial charge in [-0.05, 0) is 55.0 Å². The van der Waals surface area contributed by atoms with Crippen molar-refractivity contribution in [1.29, 1.82) is 0 Å². The van der Waals surface area contributed by atoms with E-state index in [1.807, 2.05) is 43.3 Å². The number of hydrogen-bond acceptors (Lipinski definition) is 5. The maximum Gasteiger partial charge on any atom is 0.240 e. The van der Waals surface area contributed by atoms with Gasteiger partial charge in [-0.15, -0.1) is 11.8 Å². The van der Waals surface area contributed by atoms with Crippen molar-refractivity contribution >= 4 is 35.5 Å². The Morgan fingerprint density at radius 2 is 2.00 bits per heavy atom. The molecule has 0 aliphatic heterocycles. The molecule has 0 saturated carbocycles. The molecule has 2 aromatic rings. The second-order valence-electron chi connectivity index (χ2n) is 5.58. The quantitative estimate of drug-likeness (QED) is 0.243. The van der Waals surface area contributed by atoms with Crippen LogP contribution in [0.3, 0.4) is 0 Å². The third-order valence-electron chi connectivity index (χ3n) is 3.44. The molecule has 0 radical (unpaired) electrons. The van der Waals surface area contributed by atoms with Gasteiger partial charge in [0.05, 0.1) is 12.8 Å². The average molecular weight is 419 g/mol. The maximum absolute atomic E-state index is 11.9. The molecule has 2 rings (SSSR count). The van der Waals surface area contributed by atoms with Crippen LogP contribution >= 0.6 is 23.4 Å². The van der Waals surface area contributed by atoms with Gasteiger partial charge in [0.25, 0.3) is 0 Å². The van der Waals surface area contributed by atoms with Gasteiger partial charge in [-0.3, -0.25) is 4.79 Å². The number of carbonyl (C=O) groups excluding carboxylic acids is 1. The van der Waals surface area contributed by atoms with Gasteiger partial charge in [0.15, 0.2) is 11.5 Å². The highest BCUT2D eigenvalue weighted by molar-refractivity contribution is 7.99. The van der Waals surface area contributed by atoms with E-state index in [9.17, 15) is 4.79 Å². The number of halogens is 1. The van der Waals surface area contributed by atoms with Crippen LogP contribution in [0.5, 0.6) is 11.5 Å². The van der Waals surface area contributed by atoms with Crippen molar-refractivity contribution in [3.05, 3.63) is 65.7 Å². The molecule has 0 spiro atoms. The van der Waals surface area contributed by atoms with Gasteiger partial charge in [-0.25, -0.2) is 5.43 Å². The van der Waals surface area contributed by atoms with Gasteiger partial charge in [-0.2, -0.15) is 5.10 Å². The van der Waals surface area contributed by atoms with Crippen LogP contribution in [0.4, 0.5) is 0 Å². The van der Waals surface area contributed by atoms with E-state index in [-0.39, 0.29) is 5.91 Å². The zero-order valence-corrected chi connectivity index (χ0v) is 17.3. The number of nitrogens with one attached hydrogen (secondary N) is 1. The minimum atomic E-state index is -0.145. The molecule has 0 aliphatic rings. The van der Waals surface area contributed by atoms with Crippen molar-refractivity contribution in [3.8, 4) is 11.5 Å². The topological polar surface area (TPSA) is 59.9 Å². The molecule has 0 saturated heterocycles. The Labute approximate surface area is 174 Å². The van der Waals surface area contributed by atoms with Crippen LogP contribution in [0.25, 0.3) is 0 Å². The van der Waals surface area contributed by atoms with Crippen LogP contribution in [0.2, 0.25) is 5.02 Å². The number of ether oxygens (including phenoxy) is 2. The van der Waals surface area contributed by atoms with Gasteiger partial charge in [-0.1, -0.05) is 24.3 Å². The molecule has 1 N–H and O–H groups in total. The number of rotatable bonds is 11. The molecule has 1 amide bonds. The molecule has 0 atom stereocenters. The summed E-state index contributed by atoms with van der Waals surface area (Å²) in [5.74, 6) is 1.78. The number of thioether (sulfide) groups is 1. The summed E-state index contributed by atoms with van der Waals surface area (Å²) in [6, 6.07) is 13.0. The highest BCUT2D eigenvalue weighted by Gasteiger charge is 2.06. The van der Waals surface area contributed by atoms with E-state index in [1.54, 1.807) is 30.1 Å². The van der Waals surface area contributed by atoms with Crippen molar-refractivity contribution in [2.45, 2.75) is 18.2 Å². The number of hydrogen-bond donors (Lipinski definition) is 1. The average Bonchev–Trinajstić information content (AvgIpc) is 2.69. The molecule has 28 heavy (non-hydrogen) atoms. The monoisotopic (exact) mass is 418 g/mol. The number of carbonyl (C=O) groups is 1. The van der Waals surface area contributed by atoms with E-state index < -0.39 is 0 Å². The third kappa shape index (κ3) is 7.66. The predicted molar refractivity (Wildman–Crippen MR) is 116 cm³/mol. The van der Waals surface area contributed by atoms with E-state index in [4.69, 9.17) is 21.1 Å². The Morgan fingerprint density at radius 3 is 2.71 bits per heavy atom. The van der Waals surface area contributed by atoms with Crippen molar-refractivity contribution in [1.82, 2.24) is 5.43 Å². The Morgan fingerprint density at radius 1 is 1.21 bits per heavy atom. The largest absolute Gasteiger partial charge is 0.490 e. The van der Waals surface area contributed by atoms with Crippen molar-refractivity contribution in [3.63, 3.8) is 0 Å². The summed E-state index contributed by atoms with van der Waals surface area (Å²) in [7, 11) is 0. The predicted octanol–water partition coefficient (Wildman–Crippen LogP) is 4.94. The minimum absolute atomic E-state index is 0.145. The minimum Gasteiger partial charge on any atom is -0.490 e. The fourth-order valence-corrected chi connectivity index (χ4v) is 3.15. The van der Waals surface area contributed by atoms with Crippen LogP contribution in [0.1, 0.15) is 18.9 Å². The highest BCUT2D eigenvalue weighted by atomic mass is 35.5. The van der Waals surface area contributed by atoms with Gasteiger partial charge in [0.1, 0.15) is 6.61 Å². The third-order valence-corrected chi connectivity index (χ3v) is 4.70. The molecule has 0 unspecified atom stereocenters. The van der Waals surface area contributed by atoms with Crippen molar-refractivity contribution in [2.24, 2.45) is 5.10 Å². The van der Waals surface area contributed by atoms with Gasteiger partial charge >= 0.3 is 0 Å². The Balaban J connectivity index is 1.82. The van der Waals surface area contributed by atoms with E-state index >= 15 is 0 Å². The number of hydrazone groups is 1. The molecule has 0 bridgehead atoms. The fourth-order valence-electron chi connectivity index (χ4n) is 2.17. The van der Waals surface area contributed by atoms with E-state index in [0.29, 0.717) is 41.9 Å². The van der Waals surface area contributed by atoms with Crippen LogP contribution in [-0.2, 0) is 4.79 Å². The summed E-state index contributed by atoms with van der Waals surface area (Å²) in [6.07, 6.45) is 3.61. The standard InChI is InChI=1S/C21H23ClN2O3S/c1-3-12-27-19-10-5-16(14-20(19)26-4-2)15-23-24-21(25)11-13-28-18-8-6-17(22)7-9-18/h3,5-10,14-15H,1,4,11-13H2,2H3,(H,24,25)/b23-15-. The molecule has 2 aromatic carbocycles. The summed E-state index contributed by atoms with van der Waals surface area (Å²) >= 11 is 7.45. The van der Waals surface area contributed by atoms with Crippen LogP contribution in [0.15, 0.2) is 65.1 Å². The van der Waals surface area contributed by atoms with Crippen molar-refractivity contribution < 1.29 is 14.3 Å². The molecule has 148 valence electrons. The summed E-state index contributed by atoms with van der Waals surface area (Å²) in [4.78, 5) is 13.0. The van der Waals surface area contributed by atoms with Crippen LogP contribution in [-0.4, -0.2) is 31.1 Å². The van der Waals surface area contributed by atoms with Gasteiger partial charge in [0, 0.05) is 22.1 Å². The fraction of sp³-hybridized carbons (Fsp3) is 0.238. The summed E-state index contributed by atoms with van der Waals surface area (Å²) in [6.45, 7) is 6.46. The molecule has 0 heterocycles.